The molecule has 0 bridgehead atoms. The van der Waals surface area contributed by atoms with Gasteiger partial charge in [-0.15, -0.1) is 0 Å². The van der Waals surface area contributed by atoms with E-state index in [1.807, 2.05) is 0 Å². The van der Waals surface area contributed by atoms with Crippen molar-refractivity contribution in [1.82, 2.24) is 10.3 Å². The van der Waals surface area contributed by atoms with E-state index in [-0.39, 0.29) is 12.1 Å². The predicted octanol–water partition coefficient (Wildman–Crippen LogP) is 4.17. The Morgan fingerprint density at radius 3 is 2.42 bits per heavy atom. The molecule has 3 aromatic rings. The van der Waals surface area contributed by atoms with Crippen LogP contribution in [0.1, 0.15) is 15.9 Å². The zero-order valence-corrected chi connectivity index (χ0v) is 13.5. The van der Waals surface area contributed by atoms with Gasteiger partial charge in [-0.1, -0.05) is 18.2 Å². The molecule has 0 spiro atoms. The van der Waals surface area contributed by atoms with E-state index in [1.54, 1.807) is 18.2 Å². The number of carbonyl (C=O) groups is 1. The smallest absolute Gasteiger partial charge is 0.253 e. The highest BCUT2D eigenvalue weighted by Crippen LogP contribution is 2.17. The number of carbonyl (C=O) groups excluding carboxylic acids is 1. The maximum Gasteiger partial charge on any atom is 0.253 e. The van der Waals surface area contributed by atoms with Crippen LogP contribution in [0.4, 0.5) is 24.7 Å². The van der Waals surface area contributed by atoms with Crippen LogP contribution in [0.2, 0.25) is 0 Å². The predicted molar refractivity (Wildman–Crippen MR) is 91.4 cm³/mol. The number of anilines is 2. The van der Waals surface area contributed by atoms with E-state index in [2.05, 4.69) is 15.6 Å². The first-order valence-corrected chi connectivity index (χ1v) is 7.72. The van der Waals surface area contributed by atoms with Crippen molar-refractivity contribution < 1.29 is 18.0 Å². The Labute approximate surface area is 147 Å². The Morgan fingerprint density at radius 1 is 0.923 bits per heavy atom. The molecule has 0 saturated heterocycles. The minimum Gasteiger partial charge on any atom is -0.348 e. The van der Waals surface area contributed by atoms with Gasteiger partial charge in [0.2, 0.25) is 0 Å². The first-order chi connectivity index (χ1) is 12.5. The van der Waals surface area contributed by atoms with Crippen LogP contribution < -0.4 is 10.6 Å². The minimum atomic E-state index is -0.973. The lowest BCUT2D eigenvalue weighted by Crippen LogP contribution is -2.23. The lowest BCUT2D eigenvalue weighted by atomic mass is 10.2. The summed E-state index contributed by atoms with van der Waals surface area (Å²) in [6.45, 7) is 0.0559. The third-order valence-corrected chi connectivity index (χ3v) is 3.61. The van der Waals surface area contributed by atoms with Gasteiger partial charge in [0.15, 0.2) is 11.6 Å². The second kappa shape index (κ2) is 7.69. The number of nitrogens with one attached hydrogen (secondary N) is 2. The molecule has 7 heteroatoms. The van der Waals surface area contributed by atoms with Gasteiger partial charge >= 0.3 is 0 Å². The molecule has 1 heterocycles. The molecule has 0 fully saturated rings. The van der Waals surface area contributed by atoms with Crippen LogP contribution in [0.3, 0.4) is 0 Å². The molecular weight excluding hydrogens is 343 g/mol. The molecule has 26 heavy (non-hydrogen) atoms. The minimum absolute atomic E-state index is 0.0559. The van der Waals surface area contributed by atoms with E-state index in [0.717, 1.165) is 12.1 Å². The molecule has 0 aliphatic rings. The van der Waals surface area contributed by atoms with Crippen molar-refractivity contribution in [1.29, 1.82) is 0 Å². The van der Waals surface area contributed by atoms with Gasteiger partial charge in [0.1, 0.15) is 11.6 Å². The number of hydrogen-bond donors (Lipinski definition) is 2. The van der Waals surface area contributed by atoms with Gasteiger partial charge in [0.05, 0.1) is 5.56 Å². The zero-order chi connectivity index (χ0) is 18.5. The van der Waals surface area contributed by atoms with E-state index in [1.165, 1.54) is 30.5 Å². The third-order valence-electron chi connectivity index (χ3n) is 3.61. The molecule has 0 aliphatic heterocycles. The number of benzene rings is 2. The van der Waals surface area contributed by atoms with E-state index < -0.39 is 23.4 Å². The summed E-state index contributed by atoms with van der Waals surface area (Å²) >= 11 is 0. The molecule has 2 N–H and O–H groups in total. The SMILES string of the molecule is O=C(NCc1ccccc1F)c1ccc(Nc2ccc(F)c(F)c2)nc1. The van der Waals surface area contributed by atoms with Crippen molar-refractivity contribution in [2.75, 3.05) is 5.32 Å². The summed E-state index contributed by atoms with van der Waals surface area (Å²) in [4.78, 5) is 16.2. The summed E-state index contributed by atoms with van der Waals surface area (Å²) < 4.78 is 39.6. The van der Waals surface area contributed by atoms with Crippen molar-refractivity contribution in [2.45, 2.75) is 6.54 Å². The monoisotopic (exact) mass is 357 g/mol. The number of rotatable bonds is 5. The van der Waals surface area contributed by atoms with Crippen molar-refractivity contribution in [2.24, 2.45) is 0 Å². The first kappa shape index (κ1) is 17.5. The Kier molecular flexibility index (Phi) is 5.17. The van der Waals surface area contributed by atoms with E-state index in [0.29, 0.717) is 17.1 Å². The number of nitrogens with zero attached hydrogens (tertiary/aromatic N) is 1. The summed E-state index contributed by atoms with van der Waals surface area (Å²) in [7, 11) is 0. The van der Waals surface area contributed by atoms with E-state index >= 15 is 0 Å². The lowest BCUT2D eigenvalue weighted by Gasteiger charge is -2.08. The van der Waals surface area contributed by atoms with Crippen LogP contribution in [-0.4, -0.2) is 10.9 Å². The number of pyridine rings is 1. The van der Waals surface area contributed by atoms with Crippen molar-refractivity contribution in [3.63, 3.8) is 0 Å². The largest absolute Gasteiger partial charge is 0.348 e. The van der Waals surface area contributed by atoms with Gasteiger partial charge in [-0.3, -0.25) is 4.79 Å². The fourth-order valence-corrected chi connectivity index (χ4v) is 2.24. The van der Waals surface area contributed by atoms with Crippen LogP contribution in [0.15, 0.2) is 60.8 Å². The highest BCUT2D eigenvalue weighted by molar-refractivity contribution is 5.94. The quantitative estimate of drug-likeness (QED) is 0.721. The second-order valence-electron chi connectivity index (χ2n) is 5.46. The molecule has 2 aromatic carbocycles. The molecule has 0 radical (unpaired) electrons. The summed E-state index contributed by atoms with van der Waals surface area (Å²) in [5, 5.41) is 5.41. The molecular formula is C19H14F3N3O. The highest BCUT2D eigenvalue weighted by atomic mass is 19.2. The number of halogens is 3. The first-order valence-electron chi connectivity index (χ1n) is 7.72. The number of hydrogen-bond acceptors (Lipinski definition) is 3. The topological polar surface area (TPSA) is 54.0 Å². The normalized spacial score (nSPS) is 10.4. The van der Waals surface area contributed by atoms with Crippen LogP contribution in [0, 0.1) is 17.5 Å². The fourth-order valence-electron chi connectivity index (χ4n) is 2.24. The molecule has 1 aromatic heterocycles. The Bertz CT molecular complexity index is 930. The van der Waals surface area contributed by atoms with Crippen LogP contribution in [-0.2, 0) is 6.54 Å². The highest BCUT2D eigenvalue weighted by Gasteiger charge is 2.08. The van der Waals surface area contributed by atoms with Gasteiger partial charge in [-0.2, -0.15) is 0 Å². The zero-order valence-electron chi connectivity index (χ0n) is 13.5. The van der Waals surface area contributed by atoms with Gasteiger partial charge in [0, 0.05) is 30.1 Å². The molecule has 132 valence electrons. The summed E-state index contributed by atoms with van der Waals surface area (Å²) in [6.07, 6.45) is 1.33. The Balaban J connectivity index is 1.62. The standard InChI is InChI=1S/C19H14F3N3O/c20-15-4-2-1-3-12(15)10-24-19(26)13-5-8-18(23-11-13)25-14-6-7-16(21)17(22)9-14/h1-9,11H,10H2,(H,23,25)(H,24,26). The Morgan fingerprint density at radius 2 is 1.73 bits per heavy atom. The van der Waals surface area contributed by atoms with Crippen molar-refractivity contribution in [3.05, 3.63) is 89.4 Å². The van der Waals surface area contributed by atoms with Crippen molar-refractivity contribution in [3.8, 4) is 0 Å². The maximum absolute atomic E-state index is 13.5. The maximum atomic E-state index is 13.5. The molecule has 0 unspecified atom stereocenters. The molecule has 3 rings (SSSR count). The van der Waals surface area contributed by atoms with Crippen LogP contribution >= 0.6 is 0 Å². The van der Waals surface area contributed by atoms with Gasteiger partial charge < -0.3 is 10.6 Å². The van der Waals surface area contributed by atoms with Gasteiger partial charge in [-0.05, 0) is 30.3 Å². The van der Waals surface area contributed by atoms with Gasteiger partial charge in [0.25, 0.3) is 5.91 Å². The fraction of sp³-hybridized carbons (Fsp3) is 0.0526. The lowest BCUT2D eigenvalue weighted by molar-refractivity contribution is 0.0950. The molecule has 4 nitrogen and oxygen atoms in total. The van der Waals surface area contributed by atoms with Crippen molar-refractivity contribution >= 4 is 17.4 Å². The van der Waals surface area contributed by atoms with Crippen LogP contribution in [0.5, 0.6) is 0 Å². The average molecular weight is 357 g/mol. The molecule has 0 atom stereocenters. The average Bonchev–Trinajstić information content (AvgIpc) is 2.64. The number of aromatic nitrogens is 1. The summed E-state index contributed by atoms with van der Waals surface area (Å²) in [5.41, 5.74) is 0.996. The third kappa shape index (κ3) is 4.18. The van der Waals surface area contributed by atoms with E-state index in [9.17, 15) is 18.0 Å². The van der Waals surface area contributed by atoms with Crippen LogP contribution in [0.25, 0.3) is 0 Å². The number of amides is 1. The summed E-state index contributed by atoms with van der Waals surface area (Å²) in [5.74, 6) is -2.34. The second-order valence-corrected chi connectivity index (χ2v) is 5.46. The summed E-state index contributed by atoms with van der Waals surface area (Å²) in [6, 6.07) is 12.6. The molecule has 1 amide bonds. The van der Waals surface area contributed by atoms with E-state index in [4.69, 9.17) is 0 Å². The van der Waals surface area contributed by atoms with Gasteiger partial charge in [-0.25, -0.2) is 18.2 Å². The Hall–Kier alpha value is -3.35. The molecule has 0 saturated carbocycles. The molecule has 0 aliphatic carbocycles.